The maximum absolute atomic E-state index is 11.6. The monoisotopic (exact) mass is 448 g/mol. The molecular weight excluding hydrogens is 424 g/mol. The van der Waals surface area contributed by atoms with Crippen molar-refractivity contribution in [3.05, 3.63) is 101 Å². The molecular formula is C25H24N2O2S2. The highest BCUT2D eigenvalue weighted by atomic mass is 32.2. The number of nitrogens with two attached hydrogens (primary N) is 1. The molecule has 4 nitrogen and oxygen atoms in total. The molecule has 0 aliphatic rings. The van der Waals surface area contributed by atoms with Crippen molar-refractivity contribution in [3.8, 4) is 5.75 Å². The molecule has 0 aliphatic carbocycles. The number of ether oxygens (including phenoxy) is 1. The van der Waals surface area contributed by atoms with Gasteiger partial charge in [-0.25, -0.2) is 0 Å². The summed E-state index contributed by atoms with van der Waals surface area (Å²) < 4.78 is 5.21. The van der Waals surface area contributed by atoms with Crippen LogP contribution in [0.1, 0.15) is 21.5 Å². The Bertz CT molecular complexity index is 1060. The predicted octanol–water partition coefficient (Wildman–Crippen LogP) is 5.96. The second-order valence-corrected chi connectivity index (χ2v) is 8.92. The fourth-order valence-corrected chi connectivity index (χ4v) is 4.81. The van der Waals surface area contributed by atoms with Crippen molar-refractivity contribution >= 4 is 36.1 Å². The van der Waals surface area contributed by atoms with Crippen molar-refractivity contribution in [1.82, 2.24) is 0 Å². The molecule has 3 aromatic carbocycles. The van der Waals surface area contributed by atoms with E-state index in [2.05, 4.69) is 48.1 Å². The number of rotatable bonds is 10. The number of hydrogen-bond donors (Lipinski definition) is 1. The van der Waals surface area contributed by atoms with Gasteiger partial charge < -0.3 is 10.5 Å². The predicted molar refractivity (Wildman–Crippen MR) is 131 cm³/mol. The normalized spacial score (nSPS) is 11.2. The van der Waals surface area contributed by atoms with Gasteiger partial charge >= 0.3 is 0 Å². The van der Waals surface area contributed by atoms with Crippen LogP contribution in [0.15, 0.2) is 98.7 Å². The highest BCUT2D eigenvalue weighted by molar-refractivity contribution is 8.02. The maximum atomic E-state index is 11.6. The quantitative estimate of drug-likeness (QED) is 0.389. The van der Waals surface area contributed by atoms with Gasteiger partial charge in [0, 0.05) is 33.1 Å². The summed E-state index contributed by atoms with van der Waals surface area (Å²) in [6.45, 7) is 3.61. The molecule has 0 radical (unpaired) electrons. The van der Waals surface area contributed by atoms with E-state index in [-0.39, 0.29) is 0 Å². The minimum Gasteiger partial charge on any atom is -0.497 e. The number of carbonyl (C=O) groups excluding carboxylic acids is 1. The lowest BCUT2D eigenvalue weighted by molar-refractivity contribution is 0.0997. The first-order valence-electron chi connectivity index (χ1n) is 9.65. The Balaban J connectivity index is 1.63. The number of carbonyl (C=O) groups is 1. The molecule has 1 amide bonds. The van der Waals surface area contributed by atoms with Gasteiger partial charge in [0.05, 0.1) is 12.7 Å². The Morgan fingerprint density at radius 1 is 1.03 bits per heavy atom. The number of methoxy groups -OCH3 is 1. The Hall–Kier alpha value is -2.96. The number of allylic oxidation sites excluding steroid dienone is 1. The first-order valence-corrected chi connectivity index (χ1v) is 11.5. The highest BCUT2D eigenvalue weighted by Crippen LogP contribution is 2.31. The third-order valence-corrected chi connectivity index (χ3v) is 6.68. The zero-order valence-electron chi connectivity index (χ0n) is 17.3. The molecule has 3 aromatic rings. The van der Waals surface area contributed by atoms with E-state index in [9.17, 15) is 4.79 Å². The summed E-state index contributed by atoms with van der Waals surface area (Å²) in [5, 5.41) is 0. The summed E-state index contributed by atoms with van der Waals surface area (Å²) in [6, 6.07) is 23.8. The van der Waals surface area contributed by atoms with Crippen molar-refractivity contribution in [2.24, 2.45) is 10.7 Å². The van der Waals surface area contributed by atoms with E-state index in [1.807, 2.05) is 36.5 Å². The average Bonchev–Trinajstić information content (AvgIpc) is 2.79. The van der Waals surface area contributed by atoms with Gasteiger partial charge in [-0.3, -0.25) is 9.79 Å². The number of thioether (sulfide) groups is 1. The molecule has 0 unspecified atom stereocenters. The number of nitrogens with zero attached hydrogens (tertiary/aromatic N) is 1. The summed E-state index contributed by atoms with van der Waals surface area (Å²) in [4.78, 5) is 18.6. The van der Waals surface area contributed by atoms with E-state index in [4.69, 9.17) is 10.5 Å². The Kier molecular flexibility index (Phi) is 8.38. The summed E-state index contributed by atoms with van der Waals surface area (Å²) in [6.07, 6.45) is 2.60. The minimum absolute atomic E-state index is 0.416. The number of primary amides is 1. The van der Waals surface area contributed by atoms with Gasteiger partial charge in [0.15, 0.2) is 0 Å². The van der Waals surface area contributed by atoms with Crippen LogP contribution in [0.3, 0.4) is 0 Å². The second-order valence-electron chi connectivity index (χ2n) is 6.70. The van der Waals surface area contributed by atoms with Crippen molar-refractivity contribution in [2.45, 2.75) is 22.0 Å². The summed E-state index contributed by atoms with van der Waals surface area (Å²) in [5.74, 6) is 1.29. The van der Waals surface area contributed by atoms with E-state index < -0.39 is 5.91 Å². The lowest BCUT2D eigenvalue weighted by Crippen LogP contribution is -2.11. The van der Waals surface area contributed by atoms with Crippen molar-refractivity contribution in [2.75, 3.05) is 7.11 Å². The fourth-order valence-electron chi connectivity index (χ4n) is 2.90. The second kappa shape index (κ2) is 11.4. The van der Waals surface area contributed by atoms with Gasteiger partial charge in [0.1, 0.15) is 5.75 Å². The smallest absolute Gasteiger partial charge is 0.249 e. The number of hydrogen-bond acceptors (Lipinski definition) is 5. The first kappa shape index (κ1) is 22.7. The number of amides is 1. The SMILES string of the molecule is C=N/C=C(/Cc1ccc(Sc2ccccc2C(N)=O)cc1)SCc1ccc(OC)cc1. The molecule has 0 spiro atoms. The Labute approximate surface area is 191 Å². The van der Waals surface area contributed by atoms with E-state index in [0.29, 0.717) is 5.56 Å². The summed E-state index contributed by atoms with van der Waals surface area (Å²) in [5.41, 5.74) is 8.42. The van der Waals surface area contributed by atoms with Crippen LogP contribution in [0.4, 0.5) is 0 Å². The van der Waals surface area contributed by atoms with Crippen LogP contribution >= 0.6 is 23.5 Å². The molecule has 0 fully saturated rings. The van der Waals surface area contributed by atoms with Crippen LogP contribution in [0.2, 0.25) is 0 Å². The zero-order chi connectivity index (χ0) is 22.1. The maximum Gasteiger partial charge on any atom is 0.249 e. The topological polar surface area (TPSA) is 64.7 Å². The molecule has 6 heteroatoms. The molecule has 0 bridgehead atoms. The number of benzene rings is 3. The Morgan fingerprint density at radius 2 is 1.71 bits per heavy atom. The van der Waals surface area contributed by atoms with Crippen molar-refractivity contribution in [1.29, 1.82) is 0 Å². The molecule has 2 N–H and O–H groups in total. The largest absolute Gasteiger partial charge is 0.497 e. The Morgan fingerprint density at radius 3 is 2.35 bits per heavy atom. The van der Waals surface area contributed by atoms with Crippen LogP contribution in [0.25, 0.3) is 0 Å². The third-order valence-electron chi connectivity index (χ3n) is 4.50. The van der Waals surface area contributed by atoms with E-state index in [0.717, 1.165) is 32.6 Å². The van der Waals surface area contributed by atoms with Gasteiger partial charge in [-0.05, 0) is 54.2 Å². The van der Waals surface area contributed by atoms with Gasteiger partial charge in [0.25, 0.3) is 0 Å². The zero-order valence-corrected chi connectivity index (χ0v) is 18.9. The van der Waals surface area contributed by atoms with Gasteiger partial charge in [-0.15, -0.1) is 11.8 Å². The van der Waals surface area contributed by atoms with Crippen molar-refractivity contribution in [3.63, 3.8) is 0 Å². The molecule has 0 saturated carbocycles. The summed E-state index contributed by atoms with van der Waals surface area (Å²) >= 11 is 3.28. The standard InChI is InChI=1S/C25H24N2O2S2/c1-27-16-22(30-17-19-7-11-20(29-2)12-8-19)15-18-9-13-21(14-10-18)31-24-6-4-3-5-23(24)25(26)28/h3-14,16H,1,15,17H2,2H3,(H2,26,28)/b22-16-. The van der Waals surface area contributed by atoms with E-state index in [1.165, 1.54) is 22.9 Å². The van der Waals surface area contributed by atoms with Crippen molar-refractivity contribution < 1.29 is 9.53 Å². The van der Waals surface area contributed by atoms with Crippen LogP contribution in [-0.2, 0) is 12.2 Å². The van der Waals surface area contributed by atoms with Gasteiger partial charge in [0.2, 0.25) is 5.91 Å². The molecule has 0 aliphatic heterocycles. The highest BCUT2D eigenvalue weighted by Gasteiger charge is 2.09. The molecule has 0 saturated heterocycles. The van der Waals surface area contributed by atoms with Gasteiger partial charge in [-0.1, -0.05) is 48.2 Å². The average molecular weight is 449 g/mol. The molecule has 0 heterocycles. The fraction of sp³-hybridized carbons (Fsp3) is 0.120. The van der Waals surface area contributed by atoms with E-state index >= 15 is 0 Å². The minimum atomic E-state index is -0.416. The molecule has 31 heavy (non-hydrogen) atoms. The van der Waals surface area contributed by atoms with E-state index in [1.54, 1.807) is 24.9 Å². The van der Waals surface area contributed by atoms with Crippen LogP contribution in [-0.4, -0.2) is 19.7 Å². The lowest BCUT2D eigenvalue weighted by atomic mass is 10.1. The lowest BCUT2D eigenvalue weighted by Gasteiger charge is -2.09. The molecule has 0 atom stereocenters. The first-order chi connectivity index (χ1) is 15.1. The molecule has 158 valence electrons. The summed E-state index contributed by atoms with van der Waals surface area (Å²) in [7, 11) is 1.67. The number of aliphatic imine (C=N–C) groups is 1. The third kappa shape index (κ3) is 6.77. The van der Waals surface area contributed by atoms with Crippen LogP contribution in [0.5, 0.6) is 5.75 Å². The molecule has 3 rings (SSSR count). The van der Waals surface area contributed by atoms with Crippen LogP contribution in [0, 0.1) is 0 Å². The van der Waals surface area contributed by atoms with Crippen LogP contribution < -0.4 is 10.5 Å². The van der Waals surface area contributed by atoms with Gasteiger partial charge in [-0.2, -0.15) is 0 Å². The molecule has 0 aromatic heterocycles.